The lowest BCUT2D eigenvalue weighted by Crippen LogP contribution is -2.31. The topological polar surface area (TPSA) is 92.3 Å². The second-order valence-corrected chi connectivity index (χ2v) is 7.96. The van der Waals surface area contributed by atoms with Gasteiger partial charge in [-0.2, -0.15) is 0 Å². The predicted octanol–water partition coefficient (Wildman–Crippen LogP) is 3.93. The fraction of sp³-hybridized carbons (Fsp3) is 0.217. The van der Waals surface area contributed by atoms with Crippen LogP contribution in [0.3, 0.4) is 0 Å². The monoisotopic (exact) mass is 482 g/mol. The molecule has 0 saturated carbocycles. The van der Waals surface area contributed by atoms with Crippen LogP contribution in [-0.4, -0.2) is 46.4 Å². The summed E-state index contributed by atoms with van der Waals surface area (Å²) in [5.41, 5.74) is 3.51. The average Bonchev–Trinajstić information content (AvgIpc) is 3.21. The normalized spacial score (nSPS) is 12.1. The van der Waals surface area contributed by atoms with Crippen molar-refractivity contribution in [2.75, 3.05) is 20.3 Å². The van der Waals surface area contributed by atoms with E-state index in [2.05, 4.69) is 36.2 Å². The first-order chi connectivity index (χ1) is 15.1. The minimum atomic E-state index is -0.630. The number of H-pyrrole nitrogens is 1. The summed E-state index contributed by atoms with van der Waals surface area (Å²) in [5, 5.41) is 13.4. The van der Waals surface area contributed by atoms with Crippen LogP contribution in [-0.2, 0) is 6.54 Å². The fourth-order valence-electron chi connectivity index (χ4n) is 3.19. The molecule has 4 rings (SSSR count). The van der Waals surface area contributed by atoms with Crippen LogP contribution >= 0.6 is 15.9 Å². The molecule has 0 amide bonds. The number of benzene rings is 2. The number of aromatic nitrogens is 3. The van der Waals surface area contributed by atoms with Gasteiger partial charge in [-0.05, 0) is 52.3 Å². The number of fused-ring (bicyclic) bond motifs is 1. The van der Waals surface area contributed by atoms with E-state index in [0.29, 0.717) is 24.5 Å². The van der Waals surface area contributed by atoms with Crippen LogP contribution in [0.25, 0.3) is 22.6 Å². The number of ether oxygens (including phenoxy) is 2. The van der Waals surface area contributed by atoms with Crippen molar-refractivity contribution in [2.24, 2.45) is 0 Å². The molecule has 0 radical (unpaired) electrons. The largest absolute Gasteiger partial charge is 0.496 e. The van der Waals surface area contributed by atoms with E-state index >= 15 is 0 Å². The van der Waals surface area contributed by atoms with Crippen molar-refractivity contribution in [3.8, 4) is 22.9 Å². The van der Waals surface area contributed by atoms with Crippen LogP contribution in [0.5, 0.6) is 11.5 Å². The molecular weight excluding hydrogens is 460 g/mol. The lowest BCUT2D eigenvalue weighted by Gasteiger charge is -2.14. The molecule has 0 aliphatic rings. The van der Waals surface area contributed by atoms with Crippen LogP contribution in [0, 0.1) is 0 Å². The lowest BCUT2D eigenvalue weighted by atomic mass is 10.2. The number of hydrogen-bond donors (Lipinski definition) is 3. The maximum absolute atomic E-state index is 10.2. The molecule has 7 nitrogen and oxygen atoms in total. The van der Waals surface area contributed by atoms with Gasteiger partial charge in [0.15, 0.2) is 5.65 Å². The number of halogens is 1. The summed E-state index contributed by atoms with van der Waals surface area (Å²) >= 11 is 3.41. The predicted molar refractivity (Wildman–Crippen MR) is 123 cm³/mol. The molecule has 2 aromatic heterocycles. The smallest absolute Gasteiger partial charge is 0.178 e. The van der Waals surface area contributed by atoms with E-state index in [1.165, 1.54) is 0 Å². The summed E-state index contributed by atoms with van der Waals surface area (Å²) in [7, 11) is 1.65. The van der Waals surface area contributed by atoms with E-state index in [-0.39, 0.29) is 6.61 Å². The number of nitrogens with zero attached hydrogens (tertiary/aromatic N) is 2. The van der Waals surface area contributed by atoms with Gasteiger partial charge in [-0.25, -0.2) is 9.97 Å². The molecule has 0 saturated heterocycles. The lowest BCUT2D eigenvalue weighted by molar-refractivity contribution is 0.106. The Kier molecular flexibility index (Phi) is 6.81. The Labute approximate surface area is 188 Å². The summed E-state index contributed by atoms with van der Waals surface area (Å²) in [6.45, 7) is 1.22. The minimum absolute atomic E-state index is 0.195. The van der Waals surface area contributed by atoms with Crippen LogP contribution in [0.15, 0.2) is 65.3 Å². The van der Waals surface area contributed by atoms with E-state index in [1.54, 1.807) is 13.3 Å². The second-order valence-electron chi connectivity index (χ2n) is 7.04. The molecule has 4 aromatic rings. The standard InChI is InChI=1S/C23H23BrN4O3/c1-30-21-5-3-2-4-16(21)11-25-13-18(29)14-31-19-8-6-15(7-9-19)22-27-20-10-17(24)12-26-23(20)28-22/h2-10,12,18,25,29H,11,13-14H2,1H3,(H,26,27,28). The number of pyridine rings is 1. The molecule has 0 fully saturated rings. The number of aliphatic hydroxyl groups excluding tert-OH is 1. The number of aromatic amines is 1. The van der Waals surface area contributed by atoms with E-state index < -0.39 is 6.10 Å². The third kappa shape index (κ3) is 5.41. The molecule has 1 unspecified atom stereocenters. The van der Waals surface area contributed by atoms with Crippen molar-refractivity contribution in [3.63, 3.8) is 0 Å². The summed E-state index contributed by atoms with van der Waals surface area (Å²) < 4.78 is 11.9. The highest BCUT2D eigenvalue weighted by molar-refractivity contribution is 9.10. The van der Waals surface area contributed by atoms with Crippen LogP contribution < -0.4 is 14.8 Å². The molecule has 31 heavy (non-hydrogen) atoms. The van der Waals surface area contributed by atoms with Gasteiger partial charge in [-0.15, -0.1) is 0 Å². The molecular formula is C23H23BrN4O3. The zero-order valence-corrected chi connectivity index (χ0v) is 18.6. The van der Waals surface area contributed by atoms with Gasteiger partial charge >= 0.3 is 0 Å². The number of para-hydroxylation sites is 1. The van der Waals surface area contributed by atoms with E-state index in [9.17, 15) is 5.11 Å². The van der Waals surface area contributed by atoms with Crippen LogP contribution in [0.4, 0.5) is 0 Å². The third-order valence-corrected chi connectivity index (χ3v) is 5.20. The number of aliphatic hydroxyl groups is 1. The summed E-state index contributed by atoms with van der Waals surface area (Å²) in [6, 6.07) is 17.3. The van der Waals surface area contributed by atoms with Crippen LogP contribution in [0.2, 0.25) is 0 Å². The third-order valence-electron chi connectivity index (χ3n) is 4.76. The van der Waals surface area contributed by atoms with Gasteiger partial charge in [-0.3, -0.25) is 0 Å². The second kappa shape index (κ2) is 9.91. The minimum Gasteiger partial charge on any atom is -0.496 e. The van der Waals surface area contributed by atoms with Crippen molar-refractivity contribution >= 4 is 27.1 Å². The Morgan fingerprint density at radius 3 is 2.77 bits per heavy atom. The molecule has 8 heteroatoms. The molecule has 1 atom stereocenters. The molecule has 0 spiro atoms. The first kappa shape index (κ1) is 21.3. The SMILES string of the molecule is COc1ccccc1CNCC(O)COc1ccc(-c2nc3ncc(Br)cc3[nH]2)cc1. The van der Waals surface area contributed by atoms with Crippen molar-refractivity contribution in [1.29, 1.82) is 0 Å². The van der Waals surface area contributed by atoms with Gasteiger partial charge in [0.05, 0.1) is 12.6 Å². The van der Waals surface area contributed by atoms with Gasteiger partial charge in [0, 0.05) is 34.9 Å². The molecule has 0 aliphatic heterocycles. The highest BCUT2D eigenvalue weighted by atomic mass is 79.9. The Bertz CT molecular complexity index is 1150. The van der Waals surface area contributed by atoms with Gasteiger partial charge in [-0.1, -0.05) is 18.2 Å². The van der Waals surface area contributed by atoms with E-state index in [0.717, 1.165) is 32.7 Å². The fourth-order valence-corrected chi connectivity index (χ4v) is 3.53. The highest BCUT2D eigenvalue weighted by Crippen LogP contribution is 2.23. The zero-order valence-electron chi connectivity index (χ0n) is 17.0. The van der Waals surface area contributed by atoms with E-state index in [1.807, 2.05) is 54.6 Å². The maximum atomic E-state index is 10.2. The van der Waals surface area contributed by atoms with E-state index in [4.69, 9.17) is 9.47 Å². The molecule has 2 aromatic carbocycles. The highest BCUT2D eigenvalue weighted by Gasteiger charge is 2.09. The molecule has 0 aliphatic carbocycles. The number of methoxy groups -OCH3 is 1. The molecule has 0 bridgehead atoms. The Morgan fingerprint density at radius 1 is 1.16 bits per heavy atom. The maximum Gasteiger partial charge on any atom is 0.178 e. The molecule has 160 valence electrons. The van der Waals surface area contributed by atoms with Crippen molar-refractivity contribution in [3.05, 3.63) is 70.8 Å². The zero-order chi connectivity index (χ0) is 21.6. The summed E-state index contributed by atoms with van der Waals surface area (Å²) in [6.07, 6.45) is 1.09. The number of nitrogens with one attached hydrogen (secondary N) is 2. The summed E-state index contributed by atoms with van der Waals surface area (Å²) in [5.74, 6) is 2.26. The number of imidazole rings is 1. The van der Waals surface area contributed by atoms with Gasteiger partial charge in [0.1, 0.15) is 30.0 Å². The molecule has 2 heterocycles. The quantitative estimate of drug-likeness (QED) is 0.334. The number of hydrogen-bond acceptors (Lipinski definition) is 6. The van der Waals surface area contributed by atoms with Crippen LogP contribution in [0.1, 0.15) is 5.56 Å². The van der Waals surface area contributed by atoms with Crippen molar-refractivity contribution < 1.29 is 14.6 Å². The van der Waals surface area contributed by atoms with Crippen molar-refractivity contribution in [2.45, 2.75) is 12.6 Å². The van der Waals surface area contributed by atoms with Crippen molar-refractivity contribution in [1.82, 2.24) is 20.3 Å². The van der Waals surface area contributed by atoms with Gasteiger partial charge in [0.2, 0.25) is 0 Å². The Hall–Kier alpha value is -2.94. The Balaban J connectivity index is 1.27. The summed E-state index contributed by atoms with van der Waals surface area (Å²) in [4.78, 5) is 12.1. The first-order valence-electron chi connectivity index (χ1n) is 9.87. The first-order valence-corrected chi connectivity index (χ1v) is 10.7. The molecule has 3 N–H and O–H groups in total. The average molecular weight is 483 g/mol. The Morgan fingerprint density at radius 2 is 1.97 bits per heavy atom. The van der Waals surface area contributed by atoms with Gasteiger partial charge in [0.25, 0.3) is 0 Å². The number of rotatable bonds is 9. The van der Waals surface area contributed by atoms with Gasteiger partial charge < -0.3 is 24.9 Å².